The highest BCUT2D eigenvalue weighted by atomic mass is 29.1. The molecule has 0 spiro atoms. The van der Waals surface area contributed by atoms with Crippen LogP contribution >= 0.6 is 0 Å². The van der Waals surface area contributed by atoms with E-state index in [1.54, 1.807) is 22.2 Å². The van der Waals surface area contributed by atoms with Gasteiger partial charge in [0.15, 0.2) is 0 Å². The Morgan fingerprint density at radius 2 is 1.07 bits per heavy atom. The van der Waals surface area contributed by atoms with Crippen LogP contribution in [0.1, 0.15) is 77.6 Å². The van der Waals surface area contributed by atoms with E-state index in [1.165, 1.54) is 64.2 Å². The lowest BCUT2D eigenvalue weighted by molar-refractivity contribution is 0.554. The minimum absolute atomic E-state index is 0.497. The van der Waals surface area contributed by atoms with E-state index in [9.17, 15) is 0 Å². The maximum Gasteiger partial charge on any atom is 0.00412 e. The van der Waals surface area contributed by atoms with Gasteiger partial charge in [-0.3, -0.25) is 0 Å². The topological polar surface area (TPSA) is 0 Å². The van der Waals surface area contributed by atoms with Crippen LogP contribution in [-0.4, -0.2) is 18.8 Å². The van der Waals surface area contributed by atoms with Gasteiger partial charge in [-0.05, 0) is 9.76 Å². The van der Waals surface area contributed by atoms with Crippen molar-refractivity contribution in [3.05, 3.63) is 0 Å². The van der Waals surface area contributed by atoms with Crippen LogP contribution in [0, 0.1) is 0 Å². The first-order chi connectivity index (χ1) is 7.41. The molecule has 0 rings (SSSR count). The Morgan fingerprint density at radius 1 is 0.667 bits per heavy atom. The van der Waals surface area contributed by atoms with Crippen molar-refractivity contribution < 1.29 is 0 Å². The van der Waals surface area contributed by atoms with Crippen molar-refractivity contribution in [3.8, 4) is 0 Å². The maximum atomic E-state index is 2.29. The first kappa shape index (κ1) is 15.4. The summed E-state index contributed by atoms with van der Waals surface area (Å²) in [6, 6.07) is 1.64. The minimum Gasteiger partial charge on any atom is -0.0655 e. The zero-order valence-corrected chi connectivity index (χ0v) is 14.6. The third-order valence-electron chi connectivity index (χ3n) is 3.21. The van der Waals surface area contributed by atoms with Gasteiger partial charge < -0.3 is 0 Å². The third kappa shape index (κ3) is 14.4. The van der Waals surface area contributed by atoms with Gasteiger partial charge in [0.1, 0.15) is 0 Å². The molecule has 15 heavy (non-hydrogen) atoms. The molecule has 0 bridgehead atoms. The van der Waals surface area contributed by atoms with E-state index in [0.29, 0.717) is 9.04 Å². The molecule has 0 aliphatic heterocycles. The molecule has 0 aliphatic rings. The van der Waals surface area contributed by atoms with Gasteiger partial charge in [0.25, 0.3) is 0 Å². The molecule has 0 saturated carbocycles. The molecule has 92 valence electrons. The van der Waals surface area contributed by atoms with Gasteiger partial charge in [-0.2, -0.15) is 0 Å². The Bertz CT molecular complexity index is 92.7. The lowest BCUT2D eigenvalue weighted by atomic mass is 10.1. The fraction of sp³-hybridized carbons (Fsp3) is 1.00. The Kier molecular flexibility index (Phi) is 14.9. The first-order valence-corrected chi connectivity index (χ1v) is 14.1. The van der Waals surface area contributed by atoms with Gasteiger partial charge in [0, 0.05) is 9.04 Å². The van der Waals surface area contributed by atoms with Gasteiger partial charge in [-0.15, -0.1) is 0 Å². The summed E-state index contributed by atoms with van der Waals surface area (Å²) in [7, 11) is 2.05. The summed E-state index contributed by atoms with van der Waals surface area (Å²) in [5, 5.41) is 0. The average molecular weight is 245 g/mol. The average Bonchev–Trinajstić information content (AvgIpc) is 2.26. The zero-order chi connectivity index (χ0) is 11.2. The summed E-state index contributed by atoms with van der Waals surface area (Å²) < 4.78 is 0. The standard InChI is InChI=1S/C13H32Si2/c1-2-3-4-5-6-7-8-9-10-11-12-13-15-14/h2-13,15H2,1,14H3. The van der Waals surface area contributed by atoms with E-state index in [0.717, 1.165) is 0 Å². The monoisotopic (exact) mass is 244 g/mol. The van der Waals surface area contributed by atoms with Crippen LogP contribution in [0.5, 0.6) is 0 Å². The quantitative estimate of drug-likeness (QED) is 0.365. The second-order valence-electron chi connectivity index (χ2n) is 4.89. The van der Waals surface area contributed by atoms with Gasteiger partial charge in [-0.1, -0.05) is 83.6 Å². The zero-order valence-electron chi connectivity index (χ0n) is 11.2. The molecule has 0 aliphatic carbocycles. The van der Waals surface area contributed by atoms with Crippen molar-refractivity contribution in [2.45, 2.75) is 83.6 Å². The van der Waals surface area contributed by atoms with E-state index >= 15 is 0 Å². The van der Waals surface area contributed by atoms with Crippen LogP contribution in [0.25, 0.3) is 0 Å². The fourth-order valence-corrected chi connectivity index (χ4v) is 4.44. The van der Waals surface area contributed by atoms with Crippen LogP contribution in [0.4, 0.5) is 0 Å². The summed E-state index contributed by atoms with van der Waals surface area (Å²) in [5.74, 6) is 0. The number of unbranched alkanes of at least 4 members (excludes halogenated alkanes) is 10. The normalized spacial score (nSPS) is 11.8. The first-order valence-electron chi connectivity index (χ1n) is 7.41. The minimum atomic E-state index is 0.497. The summed E-state index contributed by atoms with van der Waals surface area (Å²) in [6.07, 6.45) is 16.4. The highest BCUT2D eigenvalue weighted by Gasteiger charge is 1.92. The van der Waals surface area contributed by atoms with Crippen molar-refractivity contribution in [2.24, 2.45) is 0 Å². The second-order valence-corrected chi connectivity index (χ2v) is 9.60. The molecule has 0 unspecified atom stereocenters. The van der Waals surface area contributed by atoms with Crippen LogP contribution in [0.3, 0.4) is 0 Å². The van der Waals surface area contributed by atoms with Gasteiger partial charge in [-0.25, -0.2) is 0 Å². The van der Waals surface area contributed by atoms with E-state index in [1.807, 2.05) is 0 Å². The Morgan fingerprint density at radius 3 is 1.47 bits per heavy atom. The summed E-state index contributed by atoms with van der Waals surface area (Å²) in [6.45, 7) is 2.29. The number of hydrogen-bond donors (Lipinski definition) is 0. The molecule has 0 amide bonds. The molecule has 2 heteroatoms. The molecule has 0 aromatic heterocycles. The van der Waals surface area contributed by atoms with Crippen molar-refractivity contribution in [3.63, 3.8) is 0 Å². The second kappa shape index (κ2) is 14.4. The number of hydrogen-bond acceptors (Lipinski definition) is 0. The van der Waals surface area contributed by atoms with Gasteiger partial charge >= 0.3 is 0 Å². The van der Waals surface area contributed by atoms with E-state index in [-0.39, 0.29) is 0 Å². The molecule has 0 heterocycles. The molecule has 0 aromatic carbocycles. The molecular weight excluding hydrogens is 212 g/mol. The highest BCUT2D eigenvalue weighted by molar-refractivity contribution is 6.89. The lowest BCUT2D eigenvalue weighted by Gasteiger charge is -2.01. The predicted molar refractivity (Wildman–Crippen MR) is 79.8 cm³/mol. The van der Waals surface area contributed by atoms with Crippen molar-refractivity contribution in [1.82, 2.24) is 0 Å². The van der Waals surface area contributed by atoms with Gasteiger partial charge in [0.05, 0.1) is 0 Å². The Labute approximate surface area is 103 Å². The molecule has 0 atom stereocenters. The van der Waals surface area contributed by atoms with Crippen molar-refractivity contribution in [1.29, 1.82) is 0 Å². The van der Waals surface area contributed by atoms with Crippen LogP contribution < -0.4 is 0 Å². The van der Waals surface area contributed by atoms with Crippen molar-refractivity contribution in [2.75, 3.05) is 0 Å². The Hall–Kier alpha value is 0.434. The smallest absolute Gasteiger partial charge is 0.00412 e. The summed E-state index contributed by atoms with van der Waals surface area (Å²) in [4.78, 5) is 0. The predicted octanol–water partition coefficient (Wildman–Crippen LogP) is 3.16. The van der Waals surface area contributed by atoms with Crippen molar-refractivity contribution >= 4 is 18.8 Å². The molecule has 0 aromatic rings. The molecular formula is C13H32Si2. The fourth-order valence-electron chi connectivity index (χ4n) is 2.09. The SMILES string of the molecule is CCCCCCCCCCCCC[SiH2][SiH3]. The summed E-state index contributed by atoms with van der Waals surface area (Å²) in [5.41, 5.74) is 0. The molecule has 0 fully saturated rings. The van der Waals surface area contributed by atoms with E-state index < -0.39 is 0 Å². The molecule has 0 nitrogen and oxygen atoms in total. The summed E-state index contributed by atoms with van der Waals surface area (Å²) >= 11 is 0. The van der Waals surface area contributed by atoms with Crippen LogP contribution in [0.2, 0.25) is 6.04 Å². The maximum absolute atomic E-state index is 2.29. The van der Waals surface area contributed by atoms with Crippen LogP contribution in [-0.2, 0) is 0 Å². The van der Waals surface area contributed by atoms with Gasteiger partial charge in [0.2, 0.25) is 0 Å². The van der Waals surface area contributed by atoms with E-state index in [2.05, 4.69) is 6.92 Å². The lowest BCUT2D eigenvalue weighted by Crippen LogP contribution is -1.87. The largest absolute Gasteiger partial charge is 0.0655 e. The molecule has 0 N–H and O–H groups in total. The third-order valence-corrected chi connectivity index (χ3v) is 6.54. The molecule has 0 saturated heterocycles. The highest BCUT2D eigenvalue weighted by Crippen LogP contribution is 2.11. The molecule has 0 radical (unpaired) electrons. The van der Waals surface area contributed by atoms with E-state index in [4.69, 9.17) is 0 Å². The number of rotatable bonds is 12. The van der Waals surface area contributed by atoms with Crippen LogP contribution in [0.15, 0.2) is 0 Å². The Balaban J connectivity index is 2.81.